The van der Waals surface area contributed by atoms with Crippen LogP contribution in [0.25, 0.3) is 33.1 Å². The number of anilines is 1. The summed E-state index contributed by atoms with van der Waals surface area (Å²) in [6, 6.07) is 16.1. The summed E-state index contributed by atoms with van der Waals surface area (Å²) in [6.45, 7) is 1.67. The lowest BCUT2D eigenvalue weighted by molar-refractivity contribution is 0.0975. The van der Waals surface area contributed by atoms with E-state index in [0.717, 1.165) is 42.3 Å². The van der Waals surface area contributed by atoms with Gasteiger partial charge in [-0.15, -0.1) is 0 Å². The van der Waals surface area contributed by atoms with Crippen LogP contribution in [0.5, 0.6) is 0 Å². The third kappa shape index (κ3) is 2.04. The number of aryl methyl sites for hydroxylation is 1. The van der Waals surface area contributed by atoms with Gasteiger partial charge < -0.3 is 18.6 Å². The van der Waals surface area contributed by atoms with Crippen molar-refractivity contribution in [3.8, 4) is 11.1 Å². The number of aromatic nitrogens is 2. The number of nitrogens with zero attached hydrogens (tertiary/aromatic N) is 3. The summed E-state index contributed by atoms with van der Waals surface area (Å²) < 4.78 is 13.9. The molecule has 0 N–H and O–H groups in total. The highest BCUT2D eigenvalue weighted by atomic mass is 16.5. The maximum Gasteiger partial charge on any atom is 0.298 e. The van der Waals surface area contributed by atoms with Crippen LogP contribution < -0.4 is 4.90 Å². The van der Waals surface area contributed by atoms with Crippen molar-refractivity contribution in [2.24, 2.45) is 7.05 Å². The fourth-order valence-electron chi connectivity index (χ4n) is 4.31. The number of rotatable bonds is 2. The summed E-state index contributed by atoms with van der Waals surface area (Å²) in [5.41, 5.74) is 5.33. The Balaban J connectivity index is 1.40. The van der Waals surface area contributed by atoms with Gasteiger partial charge in [0.05, 0.1) is 18.8 Å². The maximum absolute atomic E-state index is 6.11. The van der Waals surface area contributed by atoms with Crippen molar-refractivity contribution in [3.05, 3.63) is 48.7 Å². The van der Waals surface area contributed by atoms with E-state index in [1.54, 1.807) is 0 Å². The molecule has 2 aliphatic heterocycles. The summed E-state index contributed by atoms with van der Waals surface area (Å²) in [7, 11) is 2.07. The highest BCUT2D eigenvalue weighted by molar-refractivity contribution is 5.88. The highest BCUT2D eigenvalue weighted by Gasteiger charge is 2.41. The summed E-state index contributed by atoms with van der Waals surface area (Å²) in [4.78, 5) is 6.96. The van der Waals surface area contributed by atoms with Gasteiger partial charge in [0.2, 0.25) is 0 Å². The SMILES string of the molecule is Cn1ccc2cc(-c3ccc4nc(N5CC6CC5CO6)oc4c3)ccc21. The van der Waals surface area contributed by atoms with E-state index in [4.69, 9.17) is 14.1 Å². The monoisotopic (exact) mass is 345 g/mol. The van der Waals surface area contributed by atoms with Crippen molar-refractivity contribution < 1.29 is 9.15 Å². The zero-order valence-corrected chi connectivity index (χ0v) is 14.6. The van der Waals surface area contributed by atoms with Gasteiger partial charge in [-0.1, -0.05) is 12.1 Å². The van der Waals surface area contributed by atoms with Gasteiger partial charge in [-0.3, -0.25) is 0 Å². The molecule has 2 saturated heterocycles. The van der Waals surface area contributed by atoms with Crippen LogP contribution >= 0.6 is 0 Å². The van der Waals surface area contributed by atoms with Crippen molar-refractivity contribution in [2.45, 2.75) is 18.6 Å². The average Bonchev–Trinajstić information content (AvgIpc) is 3.44. The van der Waals surface area contributed by atoms with Gasteiger partial charge in [0.1, 0.15) is 5.52 Å². The van der Waals surface area contributed by atoms with Crippen molar-refractivity contribution in [1.82, 2.24) is 9.55 Å². The number of morpholine rings is 1. The van der Waals surface area contributed by atoms with Gasteiger partial charge in [-0.25, -0.2) is 0 Å². The van der Waals surface area contributed by atoms with Crippen LogP contribution in [0.15, 0.2) is 53.1 Å². The predicted molar refractivity (Wildman–Crippen MR) is 101 cm³/mol. The van der Waals surface area contributed by atoms with Crippen molar-refractivity contribution in [2.75, 3.05) is 18.1 Å². The molecule has 2 fully saturated rings. The van der Waals surface area contributed by atoms with Crippen molar-refractivity contribution in [3.63, 3.8) is 0 Å². The third-order valence-electron chi connectivity index (χ3n) is 5.74. The van der Waals surface area contributed by atoms with E-state index in [2.05, 4.69) is 65.2 Å². The van der Waals surface area contributed by atoms with Gasteiger partial charge >= 0.3 is 0 Å². The molecule has 0 saturated carbocycles. The van der Waals surface area contributed by atoms with E-state index >= 15 is 0 Å². The molecule has 0 amide bonds. The Morgan fingerprint density at radius 3 is 2.81 bits per heavy atom. The molecule has 4 aromatic rings. The van der Waals surface area contributed by atoms with Gasteiger partial charge in [0.25, 0.3) is 6.01 Å². The fourth-order valence-corrected chi connectivity index (χ4v) is 4.31. The van der Waals surface area contributed by atoms with Crippen LogP contribution in [0, 0.1) is 0 Å². The average molecular weight is 345 g/mol. The molecule has 130 valence electrons. The zero-order chi connectivity index (χ0) is 17.3. The van der Waals surface area contributed by atoms with Crippen LogP contribution in [0.2, 0.25) is 0 Å². The number of fused-ring (bicyclic) bond motifs is 4. The van der Waals surface area contributed by atoms with E-state index < -0.39 is 0 Å². The number of ether oxygens (including phenoxy) is 1. The van der Waals surface area contributed by atoms with Gasteiger partial charge in [0.15, 0.2) is 5.58 Å². The van der Waals surface area contributed by atoms with Crippen LogP contribution in [0.4, 0.5) is 6.01 Å². The number of hydrogen-bond acceptors (Lipinski definition) is 4. The minimum absolute atomic E-state index is 0.336. The Morgan fingerprint density at radius 2 is 1.96 bits per heavy atom. The van der Waals surface area contributed by atoms with E-state index in [9.17, 15) is 0 Å². The van der Waals surface area contributed by atoms with Crippen LogP contribution in [0.3, 0.4) is 0 Å². The molecule has 26 heavy (non-hydrogen) atoms. The summed E-state index contributed by atoms with van der Waals surface area (Å²) in [5.74, 6) is 0. The Morgan fingerprint density at radius 1 is 1.08 bits per heavy atom. The zero-order valence-electron chi connectivity index (χ0n) is 14.6. The van der Waals surface area contributed by atoms with Gasteiger partial charge in [0, 0.05) is 30.7 Å². The fraction of sp³-hybridized carbons (Fsp3) is 0.286. The molecule has 2 aromatic carbocycles. The number of oxazole rings is 1. The number of hydrogen-bond donors (Lipinski definition) is 0. The topological polar surface area (TPSA) is 43.4 Å². The Hall–Kier alpha value is -2.79. The van der Waals surface area contributed by atoms with Gasteiger partial charge in [-0.05, 0) is 47.9 Å². The second-order valence-corrected chi connectivity index (χ2v) is 7.38. The molecule has 0 radical (unpaired) electrons. The van der Waals surface area contributed by atoms with E-state index in [1.807, 2.05) is 0 Å². The van der Waals surface area contributed by atoms with E-state index in [0.29, 0.717) is 12.1 Å². The van der Waals surface area contributed by atoms with Gasteiger partial charge in [-0.2, -0.15) is 4.98 Å². The highest BCUT2D eigenvalue weighted by Crippen LogP contribution is 2.35. The second-order valence-electron chi connectivity index (χ2n) is 7.38. The van der Waals surface area contributed by atoms with Crippen LogP contribution in [-0.4, -0.2) is 34.8 Å². The summed E-state index contributed by atoms with van der Waals surface area (Å²) >= 11 is 0. The second kappa shape index (κ2) is 5.11. The quantitative estimate of drug-likeness (QED) is 0.551. The summed E-state index contributed by atoms with van der Waals surface area (Å²) in [6.07, 6.45) is 3.51. The standard InChI is InChI=1S/C21H19N3O2/c1-23-7-6-15-8-13(3-5-19(15)23)14-2-4-18-20(9-14)26-21(22-18)24-11-17-10-16(24)12-25-17/h2-9,16-17H,10-12H2,1H3. The Labute approximate surface area is 150 Å². The lowest BCUT2D eigenvalue weighted by Crippen LogP contribution is -2.37. The first-order chi connectivity index (χ1) is 12.7. The summed E-state index contributed by atoms with van der Waals surface area (Å²) in [5, 5.41) is 1.25. The maximum atomic E-state index is 6.11. The van der Waals surface area contributed by atoms with Crippen LogP contribution in [0.1, 0.15) is 6.42 Å². The molecular formula is C21H19N3O2. The Kier molecular flexibility index (Phi) is 2.83. The minimum atomic E-state index is 0.336. The molecule has 0 spiro atoms. The molecule has 4 heterocycles. The normalized spacial score (nSPS) is 22.1. The molecule has 2 aliphatic rings. The first-order valence-corrected chi connectivity index (χ1v) is 9.09. The predicted octanol–water partition coefficient (Wildman–Crippen LogP) is 3.96. The lowest BCUT2D eigenvalue weighted by atomic mass is 10.0. The molecular weight excluding hydrogens is 326 g/mol. The van der Waals surface area contributed by atoms with Crippen molar-refractivity contribution >= 4 is 28.0 Å². The Bertz CT molecular complexity index is 1140. The van der Waals surface area contributed by atoms with E-state index in [-0.39, 0.29) is 0 Å². The molecule has 2 atom stereocenters. The molecule has 2 aromatic heterocycles. The third-order valence-corrected chi connectivity index (χ3v) is 5.74. The molecule has 0 aliphatic carbocycles. The minimum Gasteiger partial charge on any atom is -0.423 e. The lowest BCUT2D eigenvalue weighted by Gasteiger charge is -2.24. The molecule has 2 bridgehead atoms. The first-order valence-electron chi connectivity index (χ1n) is 9.09. The smallest absolute Gasteiger partial charge is 0.298 e. The first kappa shape index (κ1) is 14.4. The molecule has 5 nitrogen and oxygen atoms in total. The largest absolute Gasteiger partial charge is 0.423 e. The van der Waals surface area contributed by atoms with Crippen molar-refractivity contribution in [1.29, 1.82) is 0 Å². The van der Waals surface area contributed by atoms with E-state index in [1.165, 1.54) is 16.5 Å². The molecule has 5 heteroatoms. The number of benzene rings is 2. The van der Waals surface area contributed by atoms with Crippen LogP contribution in [-0.2, 0) is 11.8 Å². The molecule has 6 rings (SSSR count). The molecule has 2 unspecified atom stereocenters.